The first-order valence-corrected chi connectivity index (χ1v) is 8.86. The Hall–Kier alpha value is -4.05. The molecule has 3 aromatic rings. The standard InChI is InChI=1S/C22H18N4O3/c1-15(24)18(12-23)20(27)14-29-22(28)19-13-26(17-10-6-3-7-11-17)25-21(19)16-8-4-2-5-9-16/h2-11,13,18,24H,14H2,1H3. The van der Waals surface area contributed by atoms with Crippen LogP contribution in [0.4, 0.5) is 0 Å². The molecule has 0 aliphatic rings. The summed E-state index contributed by atoms with van der Waals surface area (Å²) in [6.45, 7) is 0.781. The van der Waals surface area contributed by atoms with Crippen LogP contribution in [-0.2, 0) is 9.53 Å². The van der Waals surface area contributed by atoms with Gasteiger partial charge in [0.15, 0.2) is 12.4 Å². The number of Topliss-reactive ketones (excluding diaryl/α,β-unsaturated/α-hetero) is 1. The summed E-state index contributed by atoms with van der Waals surface area (Å²) < 4.78 is 6.71. The second-order valence-corrected chi connectivity index (χ2v) is 6.33. The van der Waals surface area contributed by atoms with Crippen molar-refractivity contribution in [3.8, 4) is 23.0 Å². The van der Waals surface area contributed by atoms with Crippen LogP contribution in [0, 0.1) is 22.7 Å². The molecule has 7 heteroatoms. The highest BCUT2D eigenvalue weighted by atomic mass is 16.5. The van der Waals surface area contributed by atoms with E-state index in [-0.39, 0.29) is 11.3 Å². The third-order valence-electron chi connectivity index (χ3n) is 4.23. The second kappa shape index (κ2) is 8.76. The SMILES string of the molecule is CC(=N)C(C#N)C(=O)COC(=O)c1cn(-c2ccccc2)nc1-c1ccccc1. The summed E-state index contributed by atoms with van der Waals surface area (Å²) in [5.74, 6) is -2.58. The van der Waals surface area contributed by atoms with Crippen molar-refractivity contribution >= 4 is 17.5 Å². The van der Waals surface area contributed by atoms with Crippen molar-refractivity contribution in [2.45, 2.75) is 6.92 Å². The molecule has 1 atom stereocenters. The summed E-state index contributed by atoms with van der Waals surface area (Å²) in [5, 5.41) is 21.0. The van der Waals surface area contributed by atoms with Crippen molar-refractivity contribution in [2.24, 2.45) is 5.92 Å². The molecule has 3 rings (SSSR count). The second-order valence-electron chi connectivity index (χ2n) is 6.33. The molecule has 0 aliphatic carbocycles. The van der Waals surface area contributed by atoms with Gasteiger partial charge in [0.1, 0.15) is 17.2 Å². The molecule has 1 unspecified atom stereocenters. The van der Waals surface area contributed by atoms with Gasteiger partial charge in [-0.3, -0.25) is 4.79 Å². The van der Waals surface area contributed by atoms with Crippen LogP contribution in [0.25, 0.3) is 16.9 Å². The van der Waals surface area contributed by atoms with Crippen molar-refractivity contribution < 1.29 is 14.3 Å². The average molecular weight is 386 g/mol. The number of nitrogens with one attached hydrogen (secondary N) is 1. The Bertz CT molecular complexity index is 1080. The molecule has 0 aliphatic heterocycles. The number of hydrogen-bond acceptors (Lipinski definition) is 6. The number of carbonyl (C=O) groups is 2. The summed E-state index contributed by atoms with van der Waals surface area (Å²) >= 11 is 0. The third kappa shape index (κ3) is 4.45. The van der Waals surface area contributed by atoms with Crippen molar-refractivity contribution in [3.63, 3.8) is 0 Å². The first kappa shape index (κ1) is 19.7. The number of hydrogen-bond donors (Lipinski definition) is 1. The maximum absolute atomic E-state index is 12.7. The predicted molar refractivity (Wildman–Crippen MR) is 107 cm³/mol. The van der Waals surface area contributed by atoms with Crippen LogP contribution in [0.15, 0.2) is 66.9 Å². The Morgan fingerprint density at radius 3 is 2.34 bits per heavy atom. The van der Waals surface area contributed by atoms with E-state index in [0.29, 0.717) is 5.69 Å². The van der Waals surface area contributed by atoms with Crippen LogP contribution in [0.1, 0.15) is 17.3 Å². The van der Waals surface area contributed by atoms with Crippen LogP contribution < -0.4 is 0 Å². The molecule has 0 radical (unpaired) electrons. The van der Waals surface area contributed by atoms with Gasteiger partial charge in [-0.25, -0.2) is 9.48 Å². The highest BCUT2D eigenvalue weighted by molar-refractivity contribution is 6.06. The highest BCUT2D eigenvalue weighted by Gasteiger charge is 2.24. The predicted octanol–water partition coefficient (Wildman–Crippen LogP) is 3.44. The normalized spacial score (nSPS) is 11.3. The summed E-state index contributed by atoms with van der Waals surface area (Å²) in [6.07, 6.45) is 1.55. The summed E-state index contributed by atoms with van der Waals surface area (Å²) in [5.41, 5.74) is 2.03. The Kier molecular flexibility index (Phi) is 5.95. The van der Waals surface area contributed by atoms with E-state index in [1.54, 1.807) is 16.9 Å². The minimum absolute atomic E-state index is 0.0876. The van der Waals surface area contributed by atoms with Crippen molar-refractivity contribution in [1.82, 2.24) is 9.78 Å². The molecular formula is C22H18N4O3. The molecule has 144 valence electrons. The Balaban J connectivity index is 1.90. The zero-order chi connectivity index (χ0) is 20.8. The van der Waals surface area contributed by atoms with E-state index >= 15 is 0 Å². The Morgan fingerprint density at radius 2 is 1.76 bits per heavy atom. The minimum Gasteiger partial charge on any atom is -0.454 e. The molecule has 0 amide bonds. The van der Waals surface area contributed by atoms with E-state index in [0.717, 1.165) is 11.3 Å². The third-order valence-corrected chi connectivity index (χ3v) is 4.23. The van der Waals surface area contributed by atoms with E-state index in [4.69, 9.17) is 15.4 Å². The number of nitrogens with zero attached hydrogens (tertiary/aromatic N) is 3. The first-order valence-electron chi connectivity index (χ1n) is 8.86. The van der Waals surface area contributed by atoms with Gasteiger partial charge in [0.25, 0.3) is 0 Å². The largest absolute Gasteiger partial charge is 0.454 e. The van der Waals surface area contributed by atoms with Gasteiger partial charge in [-0.05, 0) is 19.1 Å². The van der Waals surface area contributed by atoms with E-state index in [1.807, 2.05) is 60.7 Å². The van der Waals surface area contributed by atoms with E-state index in [2.05, 4.69) is 5.10 Å². The Morgan fingerprint density at radius 1 is 1.14 bits per heavy atom. The fourth-order valence-corrected chi connectivity index (χ4v) is 2.75. The van der Waals surface area contributed by atoms with Gasteiger partial charge in [-0.2, -0.15) is 10.4 Å². The van der Waals surface area contributed by atoms with Crippen LogP contribution >= 0.6 is 0 Å². The van der Waals surface area contributed by atoms with Gasteiger partial charge in [0, 0.05) is 17.5 Å². The zero-order valence-electron chi connectivity index (χ0n) is 15.7. The lowest BCUT2D eigenvalue weighted by molar-refractivity contribution is -0.122. The number of benzene rings is 2. The highest BCUT2D eigenvalue weighted by Crippen LogP contribution is 2.24. The molecule has 0 saturated carbocycles. The van der Waals surface area contributed by atoms with Gasteiger partial charge < -0.3 is 10.1 Å². The van der Waals surface area contributed by atoms with Crippen LogP contribution in [0.5, 0.6) is 0 Å². The molecule has 0 spiro atoms. The molecule has 1 aromatic heterocycles. The fraction of sp³-hybridized carbons (Fsp3) is 0.136. The smallest absolute Gasteiger partial charge is 0.342 e. The van der Waals surface area contributed by atoms with Gasteiger partial charge in [0.2, 0.25) is 0 Å². The monoisotopic (exact) mass is 386 g/mol. The molecule has 0 fully saturated rings. The maximum atomic E-state index is 12.7. The number of aromatic nitrogens is 2. The van der Waals surface area contributed by atoms with Crippen molar-refractivity contribution in [1.29, 1.82) is 10.7 Å². The number of nitriles is 1. The van der Waals surface area contributed by atoms with Gasteiger partial charge in [-0.1, -0.05) is 48.5 Å². The summed E-state index contributed by atoms with van der Waals surface area (Å²) in [6, 6.07) is 20.2. The van der Waals surface area contributed by atoms with E-state index < -0.39 is 24.3 Å². The molecule has 1 heterocycles. The number of carbonyl (C=O) groups excluding carboxylic acids is 2. The number of para-hydroxylation sites is 1. The maximum Gasteiger partial charge on any atom is 0.342 e. The molecular weight excluding hydrogens is 368 g/mol. The molecule has 2 aromatic carbocycles. The number of ketones is 1. The van der Waals surface area contributed by atoms with Gasteiger partial charge in [-0.15, -0.1) is 0 Å². The summed E-state index contributed by atoms with van der Waals surface area (Å²) in [4.78, 5) is 24.8. The number of ether oxygens (including phenoxy) is 1. The average Bonchev–Trinajstić information content (AvgIpc) is 3.19. The lowest BCUT2D eigenvalue weighted by Gasteiger charge is -2.07. The summed E-state index contributed by atoms with van der Waals surface area (Å²) in [7, 11) is 0. The molecule has 0 saturated heterocycles. The van der Waals surface area contributed by atoms with Crippen LogP contribution in [-0.4, -0.2) is 33.9 Å². The fourth-order valence-electron chi connectivity index (χ4n) is 2.75. The van der Waals surface area contributed by atoms with Crippen LogP contribution in [0.2, 0.25) is 0 Å². The first-order chi connectivity index (χ1) is 14.0. The minimum atomic E-state index is -1.22. The molecule has 0 bridgehead atoms. The van der Waals surface area contributed by atoms with Crippen LogP contribution in [0.3, 0.4) is 0 Å². The zero-order valence-corrected chi connectivity index (χ0v) is 15.7. The van der Waals surface area contributed by atoms with E-state index in [9.17, 15) is 9.59 Å². The Labute approximate surface area is 167 Å². The van der Waals surface area contributed by atoms with Gasteiger partial charge in [0.05, 0.1) is 11.8 Å². The van der Waals surface area contributed by atoms with E-state index in [1.165, 1.54) is 6.92 Å². The lowest BCUT2D eigenvalue weighted by Crippen LogP contribution is -2.25. The molecule has 29 heavy (non-hydrogen) atoms. The van der Waals surface area contributed by atoms with Crippen molar-refractivity contribution in [3.05, 3.63) is 72.4 Å². The molecule has 7 nitrogen and oxygen atoms in total. The van der Waals surface area contributed by atoms with Gasteiger partial charge >= 0.3 is 5.97 Å². The topological polar surface area (TPSA) is 109 Å². The van der Waals surface area contributed by atoms with Crippen molar-refractivity contribution in [2.75, 3.05) is 6.61 Å². The quantitative estimate of drug-likeness (QED) is 0.494. The number of rotatable bonds is 7. The lowest BCUT2D eigenvalue weighted by atomic mass is 10.0. The molecule has 1 N–H and O–H groups in total. The number of esters is 1.